The number of piperazine rings is 1. The number of ether oxygens (including phenoxy) is 1. The standard InChI is InChI=1S/C18H23FN4O5S/c1-12(25)20-29-11-14-9-23(18(27)28-14)13-2-3-16(15(19)8-13)21-4-6-22(7-5-21)17(26)10-24/h2-3,8,14,24H,4-7,9-11H2,1H3,(H,20,25). The summed E-state index contributed by atoms with van der Waals surface area (Å²) in [6.07, 6.45) is -0.957. The molecule has 9 nitrogen and oxygen atoms in total. The molecular weight excluding hydrogens is 403 g/mol. The van der Waals surface area contributed by atoms with Gasteiger partial charge in [-0.3, -0.25) is 14.5 Å². The molecule has 158 valence electrons. The summed E-state index contributed by atoms with van der Waals surface area (Å²) >= 11 is 1.16. The molecular formula is C18H23FN4O5S. The SMILES string of the molecule is CC(=O)NSCC1CN(c2ccc(N3CCN(C(=O)CO)CC3)c(F)c2)C(=O)O1. The van der Waals surface area contributed by atoms with Gasteiger partial charge in [0.15, 0.2) is 0 Å². The number of nitrogens with zero attached hydrogens (tertiary/aromatic N) is 3. The van der Waals surface area contributed by atoms with E-state index in [-0.39, 0.29) is 18.4 Å². The second-order valence-corrected chi connectivity index (χ2v) is 7.57. The number of rotatable bonds is 6. The van der Waals surface area contributed by atoms with Gasteiger partial charge in [0.25, 0.3) is 0 Å². The molecule has 0 aromatic heterocycles. The number of hydrogen-bond acceptors (Lipinski definition) is 7. The van der Waals surface area contributed by atoms with Crippen LogP contribution in [-0.4, -0.2) is 79.1 Å². The number of cyclic esters (lactones) is 1. The third-order valence-corrected chi connectivity index (χ3v) is 5.68. The highest BCUT2D eigenvalue weighted by Gasteiger charge is 2.33. The Morgan fingerprint density at radius 1 is 1.31 bits per heavy atom. The number of aliphatic hydroxyl groups excluding tert-OH is 1. The molecule has 0 spiro atoms. The van der Waals surface area contributed by atoms with E-state index in [0.29, 0.717) is 43.3 Å². The molecule has 0 aliphatic carbocycles. The average Bonchev–Trinajstić information content (AvgIpc) is 3.07. The molecule has 2 fully saturated rings. The van der Waals surface area contributed by atoms with Crippen LogP contribution in [-0.2, 0) is 14.3 Å². The lowest BCUT2D eigenvalue weighted by molar-refractivity contribution is -0.134. The van der Waals surface area contributed by atoms with Gasteiger partial charge in [-0.15, -0.1) is 0 Å². The molecule has 11 heteroatoms. The van der Waals surface area contributed by atoms with E-state index in [2.05, 4.69) is 4.72 Å². The molecule has 2 heterocycles. The van der Waals surface area contributed by atoms with Crippen molar-refractivity contribution in [1.82, 2.24) is 9.62 Å². The maximum absolute atomic E-state index is 14.7. The average molecular weight is 426 g/mol. The van der Waals surface area contributed by atoms with Gasteiger partial charge in [0, 0.05) is 33.1 Å². The van der Waals surface area contributed by atoms with Crippen molar-refractivity contribution in [3.05, 3.63) is 24.0 Å². The first-order valence-corrected chi connectivity index (χ1v) is 10.2. The molecule has 3 amide bonds. The quantitative estimate of drug-likeness (QED) is 0.642. The van der Waals surface area contributed by atoms with Gasteiger partial charge in [-0.1, -0.05) is 0 Å². The molecule has 2 aliphatic heterocycles. The Morgan fingerprint density at radius 2 is 2.03 bits per heavy atom. The molecule has 29 heavy (non-hydrogen) atoms. The van der Waals surface area contributed by atoms with Gasteiger partial charge >= 0.3 is 6.09 Å². The van der Waals surface area contributed by atoms with Crippen LogP contribution in [0.4, 0.5) is 20.6 Å². The molecule has 2 saturated heterocycles. The number of halogens is 1. The lowest BCUT2D eigenvalue weighted by Gasteiger charge is -2.36. The van der Waals surface area contributed by atoms with Crippen molar-refractivity contribution in [3.63, 3.8) is 0 Å². The van der Waals surface area contributed by atoms with Crippen molar-refractivity contribution in [2.45, 2.75) is 13.0 Å². The normalized spacial score (nSPS) is 19.3. The predicted octanol–water partition coefficient (Wildman–Crippen LogP) is 0.576. The minimum Gasteiger partial charge on any atom is -0.443 e. The molecule has 1 aromatic rings. The molecule has 0 saturated carbocycles. The molecule has 3 rings (SSSR count). The van der Waals surface area contributed by atoms with Crippen LogP contribution in [0.1, 0.15) is 6.92 Å². The summed E-state index contributed by atoms with van der Waals surface area (Å²) in [4.78, 5) is 39.3. The molecule has 0 radical (unpaired) electrons. The number of aliphatic hydroxyl groups is 1. The summed E-state index contributed by atoms with van der Waals surface area (Å²) in [6.45, 7) is 2.87. The number of hydrogen-bond donors (Lipinski definition) is 2. The van der Waals surface area contributed by atoms with Crippen molar-refractivity contribution < 1.29 is 28.6 Å². The number of carbonyl (C=O) groups excluding carboxylic acids is 3. The molecule has 1 atom stereocenters. The molecule has 2 aliphatic rings. The number of anilines is 2. The van der Waals surface area contributed by atoms with Gasteiger partial charge in [0.05, 0.1) is 23.7 Å². The zero-order valence-corrected chi connectivity index (χ0v) is 16.8. The van der Waals surface area contributed by atoms with E-state index in [1.165, 1.54) is 17.9 Å². The van der Waals surface area contributed by atoms with Gasteiger partial charge in [-0.2, -0.15) is 0 Å². The molecule has 2 N–H and O–H groups in total. The largest absolute Gasteiger partial charge is 0.443 e. The van der Waals surface area contributed by atoms with Crippen molar-refractivity contribution in [1.29, 1.82) is 0 Å². The Hall–Kier alpha value is -2.53. The topological polar surface area (TPSA) is 102 Å². The highest BCUT2D eigenvalue weighted by atomic mass is 32.2. The summed E-state index contributed by atoms with van der Waals surface area (Å²) in [6, 6.07) is 4.57. The maximum atomic E-state index is 14.7. The van der Waals surface area contributed by atoms with Crippen LogP contribution in [0.2, 0.25) is 0 Å². The zero-order chi connectivity index (χ0) is 21.0. The van der Waals surface area contributed by atoms with Crippen LogP contribution >= 0.6 is 11.9 Å². The van der Waals surface area contributed by atoms with Gasteiger partial charge in [-0.25, -0.2) is 9.18 Å². The minimum atomic E-state index is -0.554. The Bertz CT molecular complexity index is 788. The number of carbonyl (C=O) groups is 3. The van der Waals surface area contributed by atoms with Crippen LogP contribution in [0, 0.1) is 5.82 Å². The zero-order valence-electron chi connectivity index (χ0n) is 16.0. The first-order chi connectivity index (χ1) is 13.9. The van der Waals surface area contributed by atoms with Crippen LogP contribution in [0.3, 0.4) is 0 Å². The van der Waals surface area contributed by atoms with Crippen molar-refractivity contribution >= 4 is 41.2 Å². The fraction of sp³-hybridized carbons (Fsp3) is 0.500. The van der Waals surface area contributed by atoms with E-state index in [1.54, 1.807) is 17.0 Å². The molecule has 1 unspecified atom stereocenters. The number of amides is 3. The first kappa shape index (κ1) is 21.2. The smallest absolute Gasteiger partial charge is 0.414 e. The highest BCUT2D eigenvalue weighted by molar-refractivity contribution is 7.97. The number of benzene rings is 1. The van der Waals surface area contributed by atoms with E-state index >= 15 is 0 Å². The Morgan fingerprint density at radius 3 is 2.66 bits per heavy atom. The first-order valence-electron chi connectivity index (χ1n) is 9.18. The van der Waals surface area contributed by atoms with Crippen LogP contribution in [0.15, 0.2) is 18.2 Å². The van der Waals surface area contributed by atoms with E-state index in [4.69, 9.17) is 9.84 Å². The summed E-state index contributed by atoms with van der Waals surface area (Å²) < 4.78 is 22.6. The van der Waals surface area contributed by atoms with Gasteiger partial charge in [-0.05, 0) is 30.1 Å². The third kappa shape index (κ3) is 5.10. The van der Waals surface area contributed by atoms with Crippen LogP contribution in [0.25, 0.3) is 0 Å². The highest BCUT2D eigenvalue weighted by Crippen LogP contribution is 2.29. The summed E-state index contributed by atoms with van der Waals surface area (Å²) in [7, 11) is 0. The maximum Gasteiger partial charge on any atom is 0.414 e. The second kappa shape index (κ2) is 9.31. The molecule has 1 aromatic carbocycles. The third-order valence-electron chi connectivity index (χ3n) is 4.71. The monoisotopic (exact) mass is 426 g/mol. The van der Waals surface area contributed by atoms with Crippen molar-refractivity contribution in [3.8, 4) is 0 Å². The fourth-order valence-electron chi connectivity index (χ4n) is 3.27. The Kier molecular flexibility index (Phi) is 6.80. The summed E-state index contributed by atoms with van der Waals surface area (Å²) in [5.74, 6) is -0.581. The Labute approximate surface area is 171 Å². The molecule has 0 bridgehead atoms. The lowest BCUT2D eigenvalue weighted by Crippen LogP contribution is -2.49. The van der Waals surface area contributed by atoms with E-state index in [0.717, 1.165) is 11.9 Å². The predicted molar refractivity (Wildman–Crippen MR) is 106 cm³/mol. The fourth-order valence-corrected chi connectivity index (χ4v) is 3.92. The van der Waals surface area contributed by atoms with Crippen molar-refractivity contribution in [2.75, 3.05) is 54.9 Å². The van der Waals surface area contributed by atoms with E-state index in [1.807, 2.05) is 4.90 Å². The second-order valence-electron chi connectivity index (χ2n) is 6.75. The van der Waals surface area contributed by atoms with Crippen LogP contribution in [0.5, 0.6) is 0 Å². The van der Waals surface area contributed by atoms with Gasteiger partial charge in [0.1, 0.15) is 18.5 Å². The van der Waals surface area contributed by atoms with E-state index in [9.17, 15) is 18.8 Å². The Balaban J connectivity index is 1.60. The van der Waals surface area contributed by atoms with Gasteiger partial charge in [0.2, 0.25) is 11.8 Å². The van der Waals surface area contributed by atoms with Gasteiger partial charge < -0.3 is 24.4 Å². The summed E-state index contributed by atoms with van der Waals surface area (Å²) in [5.41, 5.74) is 0.799. The van der Waals surface area contributed by atoms with Crippen LogP contribution < -0.4 is 14.5 Å². The minimum absolute atomic E-state index is 0.185. The number of nitrogens with one attached hydrogen (secondary N) is 1. The van der Waals surface area contributed by atoms with E-state index < -0.39 is 24.6 Å². The lowest BCUT2D eigenvalue weighted by atomic mass is 10.2. The van der Waals surface area contributed by atoms with Crippen molar-refractivity contribution in [2.24, 2.45) is 0 Å². The summed E-state index contributed by atoms with van der Waals surface area (Å²) in [5, 5.41) is 8.93.